The number of halogens is 2. The molecule has 0 amide bonds. The maximum absolute atomic E-state index is 13.4. The molecule has 0 aromatic heterocycles. The van der Waals surface area contributed by atoms with Crippen LogP contribution in [0.1, 0.15) is 36.0 Å². The van der Waals surface area contributed by atoms with Crippen LogP contribution in [0.3, 0.4) is 0 Å². The van der Waals surface area contributed by atoms with Gasteiger partial charge in [0.25, 0.3) is 0 Å². The van der Waals surface area contributed by atoms with Crippen LogP contribution in [0.2, 0.25) is 0 Å². The number of carbonyl (C=O) groups is 1. The topological polar surface area (TPSA) is 26.3 Å². The van der Waals surface area contributed by atoms with Gasteiger partial charge in [-0.1, -0.05) is 28.4 Å². The smallest absolute Gasteiger partial charge is 0.166 e. The minimum atomic E-state index is -0.487. The first-order valence-electron chi connectivity index (χ1n) is 5.62. The fourth-order valence-electron chi connectivity index (χ4n) is 1.63. The summed E-state index contributed by atoms with van der Waals surface area (Å²) in [6.07, 6.45) is 3.30. The summed E-state index contributed by atoms with van der Waals surface area (Å²) in [6, 6.07) is 4.43. The van der Waals surface area contributed by atoms with Crippen molar-refractivity contribution >= 4 is 21.7 Å². The molecule has 0 aliphatic rings. The van der Waals surface area contributed by atoms with Crippen LogP contribution >= 0.6 is 15.9 Å². The van der Waals surface area contributed by atoms with E-state index in [9.17, 15) is 9.18 Å². The number of para-hydroxylation sites is 1. The summed E-state index contributed by atoms with van der Waals surface area (Å²) in [5.41, 5.74) is 0.339. The Kier molecular flexibility index (Phi) is 6.19. The third-order valence-electron chi connectivity index (χ3n) is 2.51. The second-order valence-corrected chi connectivity index (χ2v) is 4.54. The lowest BCUT2D eigenvalue weighted by atomic mass is 10.0. The van der Waals surface area contributed by atoms with Gasteiger partial charge in [0.1, 0.15) is 0 Å². The third kappa shape index (κ3) is 4.11. The van der Waals surface area contributed by atoms with Crippen molar-refractivity contribution in [1.29, 1.82) is 0 Å². The van der Waals surface area contributed by atoms with Gasteiger partial charge in [-0.25, -0.2) is 4.39 Å². The lowest BCUT2D eigenvalue weighted by molar-refractivity contribution is 0.0975. The maximum atomic E-state index is 13.4. The van der Waals surface area contributed by atoms with Crippen molar-refractivity contribution in [3.63, 3.8) is 0 Å². The number of benzene rings is 1. The van der Waals surface area contributed by atoms with E-state index >= 15 is 0 Å². The fraction of sp³-hybridized carbons (Fsp3) is 0.462. The Morgan fingerprint density at radius 1 is 1.35 bits per heavy atom. The van der Waals surface area contributed by atoms with Crippen molar-refractivity contribution in [2.75, 3.05) is 12.4 Å². The second-order valence-electron chi connectivity index (χ2n) is 3.74. The maximum Gasteiger partial charge on any atom is 0.166 e. The Hall–Kier alpha value is -0.900. The summed E-state index contributed by atoms with van der Waals surface area (Å²) >= 11 is 3.34. The van der Waals surface area contributed by atoms with Crippen molar-refractivity contribution < 1.29 is 13.9 Å². The number of ether oxygens (including phenoxy) is 1. The average Bonchev–Trinajstić information content (AvgIpc) is 2.34. The molecule has 0 heterocycles. The van der Waals surface area contributed by atoms with Crippen LogP contribution < -0.4 is 4.74 Å². The quantitative estimate of drug-likeness (QED) is 0.433. The van der Waals surface area contributed by atoms with Crippen LogP contribution in [0.25, 0.3) is 0 Å². The first-order chi connectivity index (χ1) is 8.20. The molecule has 0 saturated carbocycles. The molecule has 0 N–H and O–H groups in total. The minimum Gasteiger partial charge on any atom is -0.493 e. The highest BCUT2D eigenvalue weighted by Crippen LogP contribution is 2.24. The van der Waals surface area contributed by atoms with Crippen LogP contribution in [0.15, 0.2) is 18.2 Å². The molecule has 1 aromatic rings. The molecule has 0 aliphatic heterocycles. The predicted molar refractivity (Wildman–Crippen MR) is 69.5 cm³/mol. The summed E-state index contributed by atoms with van der Waals surface area (Å²) < 4.78 is 18.3. The molecule has 0 saturated heterocycles. The highest BCUT2D eigenvalue weighted by Gasteiger charge is 2.14. The Morgan fingerprint density at radius 2 is 2.12 bits per heavy atom. The van der Waals surface area contributed by atoms with Crippen molar-refractivity contribution in [3.8, 4) is 5.75 Å². The van der Waals surface area contributed by atoms with Crippen molar-refractivity contribution in [2.45, 2.75) is 25.7 Å². The Morgan fingerprint density at radius 3 is 2.76 bits per heavy atom. The zero-order valence-electron chi connectivity index (χ0n) is 9.84. The van der Waals surface area contributed by atoms with E-state index in [1.807, 2.05) is 0 Å². The summed E-state index contributed by atoms with van der Waals surface area (Å²) in [5, 5.41) is 0.949. The van der Waals surface area contributed by atoms with E-state index in [1.165, 1.54) is 19.2 Å². The Labute approximate surface area is 109 Å². The van der Waals surface area contributed by atoms with Gasteiger partial charge in [0.2, 0.25) is 0 Å². The first-order valence-corrected chi connectivity index (χ1v) is 6.74. The number of unbranched alkanes of at least 4 members (excludes halogenated alkanes) is 2. The second kappa shape index (κ2) is 7.43. The SMILES string of the molecule is COc1c(F)cccc1C(=O)CCCCCBr. The number of hydrogen-bond donors (Lipinski definition) is 0. The highest BCUT2D eigenvalue weighted by molar-refractivity contribution is 9.09. The number of hydrogen-bond acceptors (Lipinski definition) is 2. The van der Waals surface area contributed by atoms with E-state index in [-0.39, 0.29) is 11.5 Å². The predicted octanol–water partition coefficient (Wildman–Crippen LogP) is 3.97. The monoisotopic (exact) mass is 302 g/mol. The van der Waals surface area contributed by atoms with E-state index in [4.69, 9.17) is 4.74 Å². The molecule has 0 bridgehead atoms. The fourth-order valence-corrected chi connectivity index (χ4v) is 2.02. The van der Waals surface area contributed by atoms with Crippen LogP contribution in [0.4, 0.5) is 4.39 Å². The molecular formula is C13H16BrFO2. The lowest BCUT2D eigenvalue weighted by Crippen LogP contribution is -2.03. The Balaban J connectivity index is 2.65. The Bertz CT molecular complexity index is 380. The normalized spacial score (nSPS) is 10.3. The lowest BCUT2D eigenvalue weighted by Gasteiger charge is -2.08. The average molecular weight is 303 g/mol. The molecule has 0 fully saturated rings. The number of carbonyl (C=O) groups excluding carboxylic acids is 1. The van der Waals surface area contributed by atoms with Crippen LogP contribution in [0.5, 0.6) is 5.75 Å². The molecule has 4 heteroatoms. The molecule has 94 valence electrons. The standard InChI is InChI=1S/C13H16BrFO2/c1-17-13-10(6-5-7-11(13)15)12(16)8-3-2-4-9-14/h5-7H,2-4,8-9H2,1H3. The summed E-state index contributed by atoms with van der Waals surface area (Å²) in [5.74, 6) is -0.493. The molecule has 2 nitrogen and oxygen atoms in total. The molecule has 0 radical (unpaired) electrons. The minimum absolute atomic E-state index is 0.0537. The molecule has 17 heavy (non-hydrogen) atoms. The van der Waals surface area contributed by atoms with Crippen LogP contribution in [-0.2, 0) is 0 Å². The van der Waals surface area contributed by atoms with Gasteiger partial charge < -0.3 is 4.74 Å². The third-order valence-corrected chi connectivity index (χ3v) is 3.07. The number of alkyl halides is 1. The molecule has 1 aromatic carbocycles. The molecule has 0 aliphatic carbocycles. The van der Waals surface area contributed by atoms with Gasteiger partial charge in [-0.15, -0.1) is 0 Å². The van der Waals surface area contributed by atoms with E-state index < -0.39 is 5.82 Å². The first kappa shape index (κ1) is 14.2. The van der Waals surface area contributed by atoms with Gasteiger partial charge in [-0.2, -0.15) is 0 Å². The van der Waals surface area contributed by atoms with Gasteiger partial charge in [-0.05, 0) is 25.0 Å². The van der Waals surface area contributed by atoms with Gasteiger partial charge in [0.15, 0.2) is 17.3 Å². The van der Waals surface area contributed by atoms with E-state index in [1.54, 1.807) is 6.07 Å². The van der Waals surface area contributed by atoms with Crippen molar-refractivity contribution in [2.24, 2.45) is 0 Å². The van der Waals surface area contributed by atoms with Crippen molar-refractivity contribution in [3.05, 3.63) is 29.6 Å². The summed E-state index contributed by atoms with van der Waals surface area (Å²) in [7, 11) is 1.38. The van der Waals surface area contributed by atoms with Gasteiger partial charge >= 0.3 is 0 Å². The zero-order chi connectivity index (χ0) is 12.7. The van der Waals surface area contributed by atoms with Gasteiger partial charge in [0, 0.05) is 11.8 Å². The van der Waals surface area contributed by atoms with E-state index in [0.717, 1.165) is 24.6 Å². The highest BCUT2D eigenvalue weighted by atomic mass is 79.9. The molecule has 0 unspecified atom stereocenters. The summed E-state index contributed by atoms with van der Waals surface area (Å²) in [6.45, 7) is 0. The molecule has 1 rings (SSSR count). The molecule has 0 spiro atoms. The van der Waals surface area contributed by atoms with Crippen LogP contribution in [-0.4, -0.2) is 18.2 Å². The van der Waals surface area contributed by atoms with Gasteiger partial charge in [-0.3, -0.25) is 4.79 Å². The summed E-state index contributed by atoms with van der Waals surface area (Å²) in [4.78, 5) is 11.9. The van der Waals surface area contributed by atoms with Crippen LogP contribution in [0, 0.1) is 5.82 Å². The number of ketones is 1. The number of rotatable bonds is 7. The molecule has 0 atom stereocenters. The van der Waals surface area contributed by atoms with E-state index in [2.05, 4.69) is 15.9 Å². The number of Topliss-reactive ketones (excluding diaryl/α,β-unsaturated/α-hetero) is 1. The van der Waals surface area contributed by atoms with Gasteiger partial charge in [0.05, 0.1) is 12.7 Å². The molecular weight excluding hydrogens is 287 g/mol. The van der Waals surface area contributed by atoms with E-state index in [0.29, 0.717) is 12.0 Å². The zero-order valence-corrected chi connectivity index (χ0v) is 11.4. The van der Waals surface area contributed by atoms with Crippen molar-refractivity contribution in [1.82, 2.24) is 0 Å². The number of methoxy groups -OCH3 is 1. The largest absolute Gasteiger partial charge is 0.493 e.